The van der Waals surface area contributed by atoms with Crippen molar-refractivity contribution in [2.45, 2.75) is 63.5 Å². The lowest BCUT2D eigenvalue weighted by Crippen LogP contribution is -2.25. The third-order valence-electron chi connectivity index (χ3n) is 7.57. The molecule has 2 fully saturated rings. The molecule has 4 aromatic rings. The van der Waals surface area contributed by atoms with Crippen LogP contribution in [0.4, 0.5) is 5.82 Å². The maximum absolute atomic E-state index is 12.5. The summed E-state index contributed by atoms with van der Waals surface area (Å²) in [4.78, 5) is 27.1. The number of fused-ring (bicyclic) bond motifs is 1. The molecule has 0 unspecified atom stereocenters. The standard InChI is InChI=1S/C30H34N6O2/c1-38-25-15-7-20(8-16-25)17-18-31-28-26-29(36(19-32-26)24-5-3-2-4-6-24)35-27(34-28)21-9-11-22(12-10-21)30(37)33-23-13-14-23/h7-12,15-16,19,23-24H,2-6,13-14,17-18H2,1H3,(H,33,37)(H,31,34,35). The number of nitrogens with zero attached hydrogens (tertiary/aromatic N) is 4. The highest BCUT2D eigenvalue weighted by Crippen LogP contribution is 2.32. The molecule has 2 saturated carbocycles. The van der Waals surface area contributed by atoms with Crippen LogP contribution in [0.2, 0.25) is 0 Å². The number of methoxy groups -OCH3 is 1. The lowest BCUT2D eigenvalue weighted by Gasteiger charge is -2.23. The largest absolute Gasteiger partial charge is 0.497 e. The van der Waals surface area contributed by atoms with Gasteiger partial charge >= 0.3 is 0 Å². The van der Waals surface area contributed by atoms with Gasteiger partial charge < -0.3 is 19.9 Å². The molecule has 0 aliphatic heterocycles. The van der Waals surface area contributed by atoms with Crippen molar-refractivity contribution in [1.82, 2.24) is 24.8 Å². The van der Waals surface area contributed by atoms with Crippen LogP contribution in [0.25, 0.3) is 22.6 Å². The van der Waals surface area contributed by atoms with Gasteiger partial charge in [-0.05, 0) is 61.9 Å². The van der Waals surface area contributed by atoms with Crippen LogP contribution in [0.3, 0.4) is 0 Å². The minimum absolute atomic E-state index is 0.0216. The molecule has 2 aliphatic carbocycles. The fraction of sp³-hybridized carbons (Fsp3) is 0.400. The maximum atomic E-state index is 12.5. The van der Waals surface area contributed by atoms with E-state index in [9.17, 15) is 4.79 Å². The Labute approximate surface area is 222 Å². The summed E-state index contributed by atoms with van der Waals surface area (Å²) in [6.07, 6.45) is 11.0. The van der Waals surface area contributed by atoms with Gasteiger partial charge in [-0.3, -0.25) is 4.79 Å². The summed E-state index contributed by atoms with van der Waals surface area (Å²) < 4.78 is 7.52. The molecule has 2 N–H and O–H groups in total. The zero-order valence-corrected chi connectivity index (χ0v) is 21.8. The number of aromatic nitrogens is 4. The third-order valence-corrected chi connectivity index (χ3v) is 7.57. The Balaban J connectivity index is 1.28. The predicted octanol–water partition coefficient (Wildman–Crippen LogP) is 5.55. The maximum Gasteiger partial charge on any atom is 0.251 e. The molecule has 2 aromatic carbocycles. The van der Waals surface area contributed by atoms with Crippen LogP contribution in [0.15, 0.2) is 54.9 Å². The Bertz CT molecular complexity index is 1400. The van der Waals surface area contributed by atoms with E-state index >= 15 is 0 Å². The van der Waals surface area contributed by atoms with Crippen LogP contribution in [-0.4, -0.2) is 45.1 Å². The summed E-state index contributed by atoms with van der Waals surface area (Å²) in [6.45, 7) is 0.717. The Kier molecular flexibility index (Phi) is 6.94. The third kappa shape index (κ3) is 5.35. The average molecular weight is 511 g/mol. The van der Waals surface area contributed by atoms with Crippen LogP contribution < -0.4 is 15.4 Å². The summed E-state index contributed by atoms with van der Waals surface area (Å²) in [7, 11) is 1.68. The predicted molar refractivity (Wildman–Crippen MR) is 149 cm³/mol. The van der Waals surface area contributed by atoms with Crippen molar-refractivity contribution >= 4 is 22.9 Å². The topological polar surface area (TPSA) is 94.0 Å². The number of amides is 1. The summed E-state index contributed by atoms with van der Waals surface area (Å²) in [5, 5.41) is 6.57. The Hall–Kier alpha value is -3.94. The molecule has 8 heteroatoms. The van der Waals surface area contributed by atoms with Crippen LogP contribution in [-0.2, 0) is 6.42 Å². The molecule has 38 heavy (non-hydrogen) atoms. The van der Waals surface area contributed by atoms with Gasteiger partial charge in [-0.2, -0.15) is 0 Å². The lowest BCUT2D eigenvalue weighted by molar-refractivity contribution is 0.0951. The zero-order valence-electron chi connectivity index (χ0n) is 21.8. The van der Waals surface area contributed by atoms with E-state index in [1.54, 1.807) is 7.11 Å². The van der Waals surface area contributed by atoms with Crippen molar-refractivity contribution in [3.05, 3.63) is 66.0 Å². The molecule has 6 rings (SSSR count). The molecule has 0 atom stereocenters. The minimum Gasteiger partial charge on any atom is -0.497 e. The normalized spacial score (nSPS) is 15.9. The summed E-state index contributed by atoms with van der Waals surface area (Å²) >= 11 is 0. The molecular weight excluding hydrogens is 476 g/mol. The first kappa shape index (κ1) is 24.4. The number of carbonyl (C=O) groups excluding carboxylic acids is 1. The van der Waals surface area contributed by atoms with Crippen molar-refractivity contribution in [1.29, 1.82) is 0 Å². The SMILES string of the molecule is COc1ccc(CCNc2nc(-c3ccc(C(=O)NC4CC4)cc3)nc3c2ncn3C2CCCCC2)cc1. The molecule has 0 spiro atoms. The van der Waals surface area contributed by atoms with E-state index in [1.807, 2.05) is 42.7 Å². The Morgan fingerprint density at radius 1 is 0.974 bits per heavy atom. The van der Waals surface area contributed by atoms with E-state index in [4.69, 9.17) is 19.7 Å². The molecular formula is C30H34N6O2. The number of benzene rings is 2. The van der Waals surface area contributed by atoms with E-state index < -0.39 is 0 Å². The molecule has 0 radical (unpaired) electrons. The molecule has 1 amide bonds. The fourth-order valence-corrected chi connectivity index (χ4v) is 5.18. The Morgan fingerprint density at radius 2 is 1.74 bits per heavy atom. The number of ether oxygens (including phenoxy) is 1. The summed E-state index contributed by atoms with van der Waals surface area (Å²) in [5.41, 5.74) is 4.42. The van der Waals surface area contributed by atoms with E-state index in [2.05, 4.69) is 27.3 Å². The number of nitrogens with one attached hydrogen (secondary N) is 2. The first-order valence-electron chi connectivity index (χ1n) is 13.7. The van der Waals surface area contributed by atoms with Crippen molar-refractivity contribution in [3.8, 4) is 17.1 Å². The molecule has 0 bridgehead atoms. The molecule has 2 heterocycles. The van der Waals surface area contributed by atoms with Gasteiger partial charge in [-0.25, -0.2) is 15.0 Å². The van der Waals surface area contributed by atoms with E-state index in [0.717, 1.165) is 60.4 Å². The highest BCUT2D eigenvalue weighted by molar-refractivity contribution is 5.95. The van der Waals surface area contributed by atoms with Gasteiger partial charge in [0.2, 0.25) is 0 Å². The second-order valence-electron chi connectivity index (χ2n) is 10.4. The number of carbonyl (C=O) groups is 1. The number of hydrogen-bond acceptors (Lipinski definition) is 6. The summed E-state index contributed by atoms with van der Waals surface area (Å²) in [5.74, 6) is 2.21. The number of anilines is 1. The van der Waals surface area contributed by atoms with Gasteiger partial charge in [0, 0.05) is 29.8 Å². The van der Waals surface area contributed by atoms with Crippen LogP contribution in [0.5, 0.6) is 5.75 Å². The Morgan fingerprint density at radius 3 is 2.45 bits per heavy atom. The van der Waals surface area contributed by atoms with Crippen molar-refractivity contribution < 1.29 is 9.53 Å². The monoisotopic (exact) mass is 510 g/mol. The number of rotatable bonds is 9. The highest BCUT2D eigenvalue weighted by atomic mass is 16.5. The number of imidazole rings is 1. The van der Waals surface area contributed by atoms with Gasteiger partial charge in [0.15, 0.2) is 17.3 Å². The van der Waals surface area contributed by atoms with Crippen LogP contribution >= 0.6 is 0 Å². The van der Waals surface area contributed by atoms with Gasteiger partial charge in [-0.1, -0.05) is 43.5 Å². The molecule has 2 aliphatic rings. The van der Waals surface area contributed by atoms with Gasteiger partial charge in [0.05, 0.1) is 13.4 Å². The average Bonchev–Trinajstić information content (AvgIpc) is 3.68. The van der Waals surface area contributed by atoms with Crippen LogP contribution in [0, 0.1) is 0 Å². The zero-order chi connectivity index (χ0) is 25.9. The second kappa shape index (κ2) is 10.8. The van der Waals surface area contributed by atoms with Crippen molar-refractivity contribution in [2.75, 3.05) is 19.0 Å². The fourth-order valence-electron chi connectivity index (χ4n) is 5.18. The van der Waals surface area contributed by atoms with Crippen molar-refractivity contribution in [2.24, 2.45) is 0 Å². The smallest absolute Gasteiger partial charge is 0.251 e. The van der Waals surface area contributed by atoms with Crippen LogP contribution in [0.1, 0.15) is 66.9 Å². The number of hydrogen-bond donors (Lipinski definition) is 2. The highest BCUT2D eigenvalue weighted by Gasteiger charge is 2.24. The van der Waals surface area contributed by atoms with Gasteiger partial charge in [-0.15, -0.1) is 0 Å². The lowest BCUT2D eigenvalue weighted by atomic mass is 9.95. The second-order valence-corrected chi connectivity index (χ2v) is 10.4. The minimum atomic E-state index is -0.0216. The van der Waals surface area contributed by atoms with Gasteiger partial charge in [0.1, 0.15) is 11.3 Å². The first-order valence-corrected chi connectivity index (χ1v) is 13.7. The quantitative estimate of drug-likeness (QED) is 0.306. The molecule has 0 saturated heterocycles. The molecule has 2 aromatic heterocycles. The molecule has 196 valence electrons. The molecule has 8 nitrogen and oxygen atoms in total. The van der Waals surface area contributed by atoms with Crippen molar-refractivity contribution in [3.63, 3.8) is 0 Å². The van der Waals surface area contributed by atoms with E-state index in [-0.39, 0.29) is 5.91 Å². The van der Waals surface area contributed by atoms with E-state index in [1.165, 1.54) is 24.8 Å². The van der Waals surface area contributed by atoms with E-state index in [0.29, 0.717) is 30.0 Å². The summed E-state index contributed by atoms with van der Waals surface area (Å²) in [6, 6.07) is 16.5. The first-order chi connectivity index (χ1) is 18.7. The van der Waals surface area contributed by atoms with Gasteiger partial charge in [0.25, 0.3) is 5.91 Å².